The quantitative estimate of drug-likeness (QED) is 0.601. The second-order valence-corrected chi connectivity index (χ2v) is 3.07. The molecule has 5 nitrogen and oxygen atoms in total. The third-order valence-electron chi connectivity index (χ3n) is 1.95. The number of nitrogens with zero attached hydrogens (tertiary/aromatic N) is 2. The van der Waals surface area contributed by atoms with Crippen molar-refractivity contribution in [3.8, 4) is 0 Å². The highest BCUT2D eigenvalue weighted by Crippen LogP contribution is 1.98. The molecule has 0 aromatic heterocycles. The van der Waals surface area contributed by atoms with Gasteiger partial charge in [-0.05, 0) is 12.0 Å². The predicted octanol–water partition coefficient (Wildman–Crippen LogP) is 1.55. The monoisotopic (exact) mass is 207 g/mol. The third-order valence-corrected chi connectivity index (χ3v) is 1.95. The molecule has 0 aliphatic heterocycles. The Labute approximate surface area is 88.0 Å². The highest BCUT2D eigenvalue weighted by molar-refractivity contribution is 5.73. The van der Waals surface area contributed by atoms with Gasteiger partial charge in [0.1, 0.15) is 0 Å². The Bertz CT molecular complexity index is 327. The van der Waals surface area contributed by atoms with Gasteiger partial charge in [-0.1, -0.05) is 30.3 Å². The molecule has 0 heterocycles. The van der Waals surface area contributed by atoms with Crippen LogP contribution in [0.2, 0.25) is 0 Å². The van der Waals surface area contributed by atoms with Crippen molar-refractivity contribution in [1.29, 1.82) is 0 Å². The zero-order valence-corrected chi connectivity index (χ0v) is 8.51. The van der Waals surface area contributed by atoms with Gasteiger partial charge in [-0.15, -0.1) is 4.91 Å². The minimum Gasteiger partial charge on any atom is -0.336 e. The molecular formula is C10H13N3O2. The topological polar surface area (TPSA) is 61.8 Å². The van der Waals surface area contributed by atoms with Gasteiger partial charge in [-0.2, -0.15) is 5.01 Å². The number of nitrogens with one attached hydrogen (secondary N) is 1. The Morgan fingerprint density at radius 2 is 2.07 bits per heavy atom. The summed E-state index contributed by atoms with van der Waals surface area (Å²) in [5, 5.41) is 5.79. The molecule has 0 fully saturated rings. The molecule has 0 saturated heterocycles. The van der Waals surface area contributed by atoms with Crippen molar-refractivity contribution in [2.24, 2.45) is 5.29 Å². The smallest absolute Gasteiger partial charge is 0.336 e. The molecule has 0 saturated carbocycles. The zero-order valence-electron chi connectivity index (χ0n) is 8.51. The zero-order chi connectivity index (χ0) is 11.1. The number of carbonyl (C=O) groups excluding carboxylic acids is 1. The van der Waals surface area contributed by atoms with Gasteiger partial charge in [-0.25, -0.2) is 4.79 Å². The summed E-state index contributed by atoms with van der Waals surface area (Å²) in [7, 11) is 1.31. The van der Waals surface area contributed by atoms with Crippen LogP contribution in [0.1, 0.15) is 5.56 Å². The summed E-state index contributed by atoms with van der Waals surface area (Å²) in [5.74, 6) is 0. The lowest BCUT2D eigenvalue weighted by atomic mass is 10.1. The van der Waals surface area contributed by atoms with Crippen LogP contribution in [0, 0.1) is 4.91 Å². The predicted molar refractivity (Wildman–Crippen MR) is 57.1 cm³/mol. The standard InChI is InChI=1S/C10H13N3O2/c1-13(12-15)10(14)11-8-7-9-5-3-2-4-6-9/h2-6H,7-8H2,1H3,(H,11,14). The average Bonchev–Trinajstić information content (AvgIpc) is 2.29. The summed E-state index contributed by atoms with van der Waals surface area (Å²) in [4.78, 5) is 21.1. The Balaban J connectivity index is 2.28. The summed E-state index contributed by atoms with van der Waals surface area (Å²) in [6, 6.07) is 9.29. The largest absolute Gasteiger partial charge is 0.340 e. The molecule has 0 atom stereocenters. The van der Waals surface area contributed by atoms with E-state index in [1.54, 1.807) is 0 Å². The van der Waals surface area contributed by atoms with Crippen LogP contribution < -0.4 is 5.32 Å². The van der Waals surface area contributed by atoms with Crippen LogP contribution in [0.3, 0.4) is 0 Å². The van der Waals surface area contributed by atoms with E-state index in [4.69, 9.17) is 0 Å². The maximum Gasteiger partial charge on any atom is 0.340 e. The molecular weight excluding hydrogens is 194 g/mol. The minimum absolute atomic E-state index is 0.485. The highest BCUT2D eigenvalue weighted by atomic mass is 16.3. The van der Waals surface area contributed by atoms with E-state index >= 15 is 0 Å². The van der Waals surface area contributed by atoms with E-state index in [9.17, 15) is 9.70 Å². The second-order valence-electron chi connectivity index (χ2n) is 3.07. The lowest BCUT2D eigenvalue weighted by Crippen LogP contribution is -2.34. The van der Waals surface area contributed by atoms with Crippen LogP contribution in [-0.2, 0) is 6.42 Å². The van der Waals surface area contributed by atoms with Crippen molar-refractivity contribution in [1.82, 2.24) is 10.3 Å². The van der Waals surface area contributed by atoms with E-state index in [1.165, 1.54) is 7.05 Å². The number of rotatable bonds is 4. The van der Waals surface area contributed by atoms with Gasteiger partial charge in [0.25, 0.3) is 0 Å². The average molecular weight is 207 g/mol. The number of benzene rings is 1. The molecule has 2 amide bonds. The van der Waals surface area contributed by atoms with E-state index in [0.29, 0.717) is 6.54 Å². The van der Waals surface area contributed by atoms with Gasteiger partial charge < -0.3 is 5.32 Å². The molecule has 0 unspecified atom stereocenters. The fourth-order valence-electron chi connectivity index (χ4n) is 1.11. The summed E-state index contributed by atoms with van der Waals surface area (Å²) >= 11 is 0. The third kappa shape index (κ3) is 3.76. The van der Waals surface area contributed by atoms with Crippen LogP contribution >= 0.6 is 0 Å². The van der Waals surface area contributed by atoms with Crippen molar-refractivity contribution < 1.29 is 4.79 Å². The van der Waals surface area contributed by atoms with Gasteiger partial charge in [0, 0.05) is 13.6 Å². The molecule has 1 aromatic rings. The van der Waals surface area contributed by atoms with Gasteiger partial charge in [0.15, 0.2) is 0 Å². The second kappa shape index (κ2) is 5.74. The lowest BCUT2D eigenvalue weighted by molar-refractivity contribution is 0.210. The van der Waals surface area contributed by atoms with Crippen LogP contribution in [0.4, 0.5) is 4.79 Å². The van der Waals surface area contributed by atoms with Crippen molar-refractivity contribution in [3.05, 3.63) is 40.8 Å². The molecule has 0 spiro atoms. The molecule has 0 radical (unpaired) electrons. The molecule has 0 aliphatic carbocycles. The summed E-state index contributed by atoms with van der Waals surface area (Å²) < 4.78 is 0. The molecule has 80 valence electrons. The lowest BCUT2D eigenvalue weighted by Gasteiger charge is -2.08. The maximum atomic E-state index is 11.1. The summed E-state index contributed by atoms with van der Waals surface area (Å²) in [6.07, 6.45) is 0.735. The summed E-state index contributed by atoms with van der Waals surface area (Å²) in [6.45, 7) is 0.489. The van der Waals surface area contributed by atoms with E-state index in [-0.39, 0.29) is 0 Å². The Morgan fingerprint density at radius 1 is 1.40 bits per heavy atom. The highest BCUT2D eigenvalue weighted by Gasteiger charge is 2.06. The minimum atomic E-state index is -0.485. The van der Waals surface area contributed by atoms with E-state index in [0.717, 1.165) is 17.0 Å². The number of amides is 2. The fourth-order valence-corrected chi connectivity index (χ4v) is 1.11. The van der Waals surface area contributed by atoms with Gasteiger partial charge in [0.05, 0.1) is 5.29 Å². The molecule has 1 N–H and O–H groups in total. The Morgan fingerprint density at radius 3 is 2.67 bits per heavy atom. The molecule has 1 rings (SSSR count). The van der Waals surface area contributed by atoms with Gasteiger partial charge in [0.2, 0.25) is 0 Å². The van der Waals surface area contributed by atoms with Crippen LogP contribution in [0.25, 0.3) is 0 Å². The SMILES string of the molecule is CN(N=O)C(=O)NCCc1ccccc1. The first kappa shape index (κ1) is 11.2. The van der Waals surface area contributed by atoms with Crippen molar-refractivity contribution in [2.75, 3.05) is 13.6 Å². The molecule has 0 bridgehead atoms. The fraction of sp³-hybridized carbons (Fsp3) is 0.300. The first-order valence-electron chi connectivity index (χ1n) is 4.63. The van der Waals surface area contributed by atoms with Crippen LogP contribution in [-0.4, -0.2) is 24.6 Å². The molecule has 0 aliphatic rings. The maximum absolute atomic E-state index is 11.1. The molecule has 5 heteroatoms. The summed E-state index contributed by atoms with van der Waals surface area (Å²) in [5.41, 5.74) is 1.14. The normalized spacial score (nSPS) is 9.40. The molecule has 1 aromatic carbocycles. The number of urea groups is 1. The van der Waals surface area contributed by atoms with Crippen LogP contribution in [0.5, 0.6) is 0 Å². The van der Waals surface area contributed by atoms with Crippen molar-refractivity contribution in [2.45, 2.75) is 6.42 Å². The van der Waals surface area contributed by atoms with Gasteiger partial charge in [-0.3, -0.25) is 0 Å². The molecule has 15 heavy (non-hydrogen) atoms. The van der Waals surface area contributed by atoms with E-state index < -0.39 is 6.03 Å². The Kier molecular flexibility index (Phi) is 4.28. The first-order valence-corrected chi connectivity index (χ1v) is 4.63. The number of hydrogen-bond donors (Lipinski definition) is 1. The van der Waals surface area contributed by atoms with Crippen molar-refractivity contribution >= 4 is 6.03 Å². The first-order chi connectivity index (χ1) is 7.24. The number of hydrogen-bond acceptors (Lipinski definition) is 3. The Hall–Kier alpha value is -1.91. The van der Waals surface area contributed by atoms with Gasteiger partial charge >= 0.3 is 6.03 Å². The number of nitroso groups, excluding NO2 is 1. The van der Waals surface area contributed by atoms with Crippen LogP contribution in [0.15, 0.2) is 35.6 Å². The van der Waals surface area contributed by atoms with E-state index in [1.807, 2.05) is 30.3 Å². The van der Waals surface area contributed by atoms with E-state index in [2.05, 4.69) is 10.6 Å². The van der Waals surface area contributed by atoms with Crippen molar-refractivity contribution in [3.63, 3.8) is 0 Å². The number of carbonyl (C=O) groups is 1.